The van der Waals surface area contributed by atoms with Gasteiger partial charge in [-0.2, -0.15) is 0 Å². The Kier molecular flexibility index (Phi) is 7.06. The Morgan fingerprint density at radius 1 is 1.06 bits per heavy atom. The van der Waals surface area contributed by atoms with Crippen LogP contribution in [0.2, 0.25) is 0 Å². The number of carbonyl (C=O) groups is 3. The van der Waals surface area contributed by atoms with Crippen molar-refractivity contribution in [2.45, 2.75) is 32.6 Å². The number of aryl methyl sites for hydroxylation is 1. The molecule has 2 aromatic rings. The largest absolute Gasteiger partial charge is 0.480 e. The predicted octanol–water partition coefficient (Wildman–Crippen LogP) is 2.56. The number of benzene rings is 2. The number of carbonyl (C=O) groups excluding carboxylic acids is 2. The second kappa shape index (κ2) is 9.17. The lowest BCUT2D eigenvalue weighted by Gasteiger charge is -2.18. The van der Waals surface area contributed by atoms with Gasteiger partial charge >= 0.3 is 11.9 Å². The molecule has 0 bridgehead atoms. The first kappa shape index (κ1) is 23.9. The molecule has 0 unspecified atom stereocenters. The molecule has 0 radical (unpaired) electrons. The molecule has 3 N–H and O–H groups in total. The van der Waals surface area contributed by atoms with Gasteiger partial charge in [0.25, 0.3) is 15.9 Å². The minimum Gasteiger partial charge on any atom is -0.480 e. The summed E-state index contributed by atoms with van der Waals surface area (Å²) in [4.78, 5) is 34.6. The number of anilines is 1. The van der Waals surface area contributed by atoms with Gasteiger partial charge in [0.1, 0.15) is 12.3 Å². The number of hydrogen-bond donors (Lipinski definition) is 3. The number of hydrogen-bond acceptors (Lipinski definition) is 6. The quantitative estimate of drug-likeness (QED) is 0.437. The zero-order chi connectivity index (χ0) is 23.4. The van der Waals surface area contributed by atoms with Crippen molar-refractivity contribution in [1.82, 2.24) is 5.32 Å². The number of carboxylic acid groups (broad SMARTS) is 1. The molecule has 0 aliphatic carbocycles. The van der Waals surface area contributed by atoms with Crippen LogP contribution >= 0.6 is 0 Å². The van der Waals surface area contributed by atoms with Gasteiger partial charge in [-0.15, -0.1) is 0 Å². The van der Waals surface area contributed by atoms with Gasteiger partial charge in [0.05, 0.1) is 10.3 Å². The molecule has 0 saturated carbocycles. The summed E-state index contributed by atoms with van der Waals surface area (Å²) < 4.78 is 33.2. The number of amides is 1. The van der Waals surface area contributed by atoms with Crippen molar-refractivity contribution in [3.63, 3.8) is 0 Å². The van der Waals surface area contributed by atoms with Crippen LogP contribution in [0.1, 0.15) is 36.7 Å². The van der Waals surface area contributed by atoms with E-state index < -0.39 is 39.8 Å². The summed E-state index contributed by atoms with van der Waals surface area (Å²) in [6.45, 7) is 6.20. The Bertz CT molecular complexity index is 1120. The van der Waals surface area contributed by atoms with Crippen molar-refractivity contribution in [3.8, 4) is 5.75 Å². The van der Waals surface area contributed by atoms with Crippen LogP contribution in [0.4, 0.5) is 5.69 Å². The number of rotatable bonds is 7. The van der Waals surface area contributed by atoms with E-state index in [1.807, 2.05) is 0 Å². The maximum absolute atomic E-state index is 12.7. The molecule has 9 nitrogen and oxygen atoms in total. The van der Waals surface area contributed by atoms with Crippen molar-refractivity contribution in [3.05, 3.63) is 53.6 Å². The van der Waals surface area contributed by atoms with E-state index in [1.165, 1.54) is 42.5 Å². The molecule has 166 valence electrons. The monoisotopic (exact) mass is 448 g/mol. The number of ether oxygens (including phenoxy) is 1. The summed E-state index contributed by atoms with van der Waals surface area (Å²) in [7, 11) is -3.99. The number of esters is 1. The molecule has 0 aliphatic heterocycles. The standard InChI is InChI=1S/C21H24N2O7S/c1-13-10-16(8-9-17(13)30-20(27)21(2,3)4)31(28,29)23-15-7-5-6-14(11-15)19(26)22-12-18(24)25/h5-11,23H,12H2,1-4H3,(H,22,26)(H,24,25). The Morgan fingerprint density at radius 3 is 2.32 bits per heavy atom. The number of nitrogens with one attached hydrogen (secondary N) is 2. The third kappa shape index (κ3) is 6.54. The number of sulfonamides is 1. The van der Waals surface area contributed by atoms with Crippen LogP contribution in [-0.4, -0.2) is 37.9 Å². The zero-order valence-electron chi connectivity index (χ0n) is 17.6. The summed E-state index contributed by atoms with van der Waals surface area (Å²) in [5, 5.41) is 10.8. The van der Waals surface area contributed by atoms with E-state index in [9.17, 15) is 22.8 Å². The Morgan fingerprint density at radius 2 is 1.74 bits per heavy atom. The van der Waals surface area contributed by atoms with Gasteiger partial charge < -0.3 is 15.2 Å². The van der Waals surface area contributed by atoms with E-state index >= 15 is 0 Å². The van der Waals surface area contributed by atoms with E-state index in [0.29, 0.717) is 5.56 Å². The fraction of sp³-hybridized carbons (Fsp3) is 0.286. The lowest BCUT2D eigenvalue weighted by atomic mass is 9.97. The van der Waals surface area contributed by atoms with Crippen LogP contribution in [0.15, 0.2) is 47.4 Å². The minimum atomic E-state index is -3.99. The first-order valence-electron chi connectivity index (χ1n) is 9.25. The number of carboxylic acids is 1. The SMILES string of the molecule is Cc1cc(S(=O)(=O)Nc2cccc(C(=O)NCC(=O)O)c2)ccc1OC(=O)C(C)(C)C. The van der Waals surface area contributed by atoms with E-state index in [0.717, 1.165) is 0 Å². The molecule has 2 aromatic carbocycles. The molecule has 2 rings (SSSR count). The van der Waals surface area contributed by atoms with Gasteiger partial charge in [-0.3, -0.25) is 19.1 Å². The minimum absolute atomic E-state index is 0.0544. The topological polar surface area (TPSA) is 139 Å². The van der Waals surface area contributed by atoms with E-state index in [4.69, 9.17) is 9.84 Å². The highest BCUT2D eigenvalue weighted by Crippen LogP contribution is 2.26. The fourth-order valence-corrected chi connectivity index (χ4v) is 3.49. The first-order valence-corrected chi connectivity index (χ1v) is 10.7. The van der Waals surface area contributed by atoms with Crippen LogP contribution < -0.4 is 14.8 Å². The Balaban J connectivity index is 2.20. The highest BCUT2D eigenvalue weighted by molar-refractivity contribution is 7.92. The van der Waals surface area contributed by atoms with Gasteiger partial charge in [-0.05, 0) is 69.7 Å². The molecule has 0 fully saturated rings. The van der Waals surface area contributed by atoms with Crippen LogP contribution in [0, 0.1) is 12.3 Å². The third-order valence-corrected chi connectivity index (χ3v) is 5.43. The highest BCUT2D eigenvalue weighted by atomic mass is 32.2. The smallest absolute Gasteiger partial charge is 0.322 e. The second-order valence-electron chi connectivity index (χ2n) is 7.83. The molecule has 1 amide bonds. The highest BCUT2D eigenvalue weighted by Gasteiger charge is 2.25. The Hall–Kier alpha value is -3.40. The normalized spacial score (nSPS) is 11.5. The van der Waals surface area contributed by atoms with Crippen LogP contribution in [0.25, 0.3) is 0 Å². The van der Waals surface area contributed by atoms with E-state index in [2.05, 4.69) is 10.0 Å². The van der Waals surface area contributed by atoms with Crippen molar-refractivity contribution in [1.29, 1.82) is 0 Å². The molecule has 31 heavy (non-hydrogen) atoms. The summed E-state index contributed by atoms with van der Waals surface area (Å²) in [5.41, 5.74) is -0.0197. The average Bonchev–Trinajstić information content (AvgIpc) is 2.66. The molecule has 0 aliphatic rings. The van der Waals surface area contributed by atoms with Crippen molar-refractivity contribution >= 4 is 33.6 Å². The molecule has 0 atom stereocenters. The molecular weight excluding hydrogens is 424 g/mol. The van der Waals surface area contributed by atoms with Gasteiger partial charge in [-0.25, -0.2) is 8.42 Å². The molecule has 0 aromatic heterocycles. The van der Waals surface area contributed by atoms with Gasteiger partial charge in [0.2, 0.25) is 0 Å². The van der Waals surface area contributed by atoms with Gasteiger partial charge in [0, 0.05) is 11.3 Å². The van der Waals surface area contributed by atoms with Crippen molar-refractivity contribution < 1.29 is 32.6 Å². The van der Waals surface area contributed by atoms with E-state index in [1.54, 1.807) is 27.7 Å². The predicted molar refractivity (Wildman–Crippen MR) is 113 cm³/mol. The lowest BCUT2D eigenvalue weighted by Crippen LogP contribution is -2.29. The zero-order valence-corrected chi connectivity index (χ0v) is 18.4. The van der Waals surface area contributed by atoms with Gasteiger partial charge in [-0.1, -0.05) is 6.07 Å². The summed E-state index contributed by atoms with van der Waals surface area (Å²) >= 11 is 0. The molecule has 0 heterocycles. The van der Waals surface area contributed by atoms with Crippen molar-refractivity contribution in [2.75, 3.05) is 11.3 Å². The van der Waals surface area contributed by atoms with Crippen LogP contribution in [-0.2, 0) is 19.6 Å². The second-order valence-corrected chi connectivity index (χ2v) is 9.51. The van der Waals surface area contributed by atoms with Crippen molar-refractivity contribution in [2.24, 2.45) is 5.41 Å². The van der Waals surface area contributed by atoms with Crippen LogP contribution in [0.5, 0.6) is 5.75 Å². The summed E-state index contributed by atoms with van der Waals surface area (Å²) in [6, 6.07) is 9.73. The Labute approximate surface area is 180 Å². The lowest BCUT2D eigenvalue weighted by molar-refractivity contribution is -0.143. The summed E-state index contributed by atoms with van der Waals surface area (Å²) in [6.07, 6.45) is 0. The third-order valence-electron chi connectivity index (χ3n) is 4.05. The number of aliphatic carboxylic acids is 1. The first-order chi connectivity index (χ1) is 14.3. The maximum Gasteiger partial charge on any atom is 0.322 e. The maximum atomic E-state index is 12.7. The van der Waals surface area contributed by atoms with Gasteiger partial charge in [0.15, 0.2) is 0 Å². The molecule has 10 heteroatoms. The average molecular weight is 448 g/mol. The molecular formula is C21H24N2O7S. The molecule has 0 spiro atoms. The fourth-order valence-electron chi connectivity index (χ4n) is 2.35. The summed E-state index contributed by atoms with van der Waals surface area (Å²) in [5.74, 6) is -2.03. The van der Waals surface area contributed by atoms with E-state index in [-0.39, 0.29) is 21.9 Å². The van der Waals surface area contributed by atoms with Crippen LogP contribution in [0.3, 0.4) is 0 Å². The molecule has 0 saturated heterocycles.